The Labute approximate surface area is 137 Å². The molecule has 7 heteroatoms. The molecule has 0 amide bonds. The summed E-state index contributed by atoms with van der Waals surface area (Å²) in [6, 6.07) is 3.08. The van der Waals surface area contributed by atoms with Gasteiger partial charge in [0.2, 0.25) is 5.43 Å². The van der Waals surface area contributed by atoms with Gasteiger partial charge in [-0.2, -0.15) is 0 Å². The monoisotopic (exact) mass is 332 g/mol. The SMILES string of the molecule is O=C(O)[13c]1cn(C2CC2)c2cc(N3CCNCC3)c(F)cc2c1=O. The lowest BCUT2D eigenvalue weighted by molar-refractivity contribution is 0.0695. The summed E-state index contributed by atoms with van der Waals surface area (Å²) in [7, 11) is 0. The number of aromatic carboxylic acids is 1. The minimum Gasteiger partial charge on any atom is -0.477 e. The number of aromatic nitrogens is 1. The Kier molecular flexibility index (Phi) is 3.53. The van der Waals surface area contributed by atoms with Crippen molar-refractivity contribution in [3.8, 4) is 0 Å². The van der Waals surface area contributed by atoms with Crippen molar-refractivity contribution in [1.29, 1.82) is 0 Å². The van der Waals surface area contributed by atoms with Gasteiger partial charge in [0.05, 0.1) is 11.2 Å². The number of carboxylic acid groups (broad SMARTS) is 1. The second-order valence-electron chi connectivity index (χ2n) is 6.37. The Balaban J connectivity index is 1.95. The minimum absolute atomic E-state index is 0.137. The second kappa shape index (κ2) is 5.59. The summed E-state index contributed by atoms with van der Waals surface area (Å²) in [6.07, 6.45) is 3.29. The molecule has 0 bridgehead atoms. The van der Waals surface area contributed by atoms with Crippen molar-refractivity contribution in [2.75, 3.05) is 31.1 Å². The lowest BCUT2D eigenvalue weighted by atomic mass is 10.1. The van der Waals surface area contributed by atoms with E-state index in [1.807, 2.05) is 9.47 Å². The third-order valence-corrected chi connectivity index (χ3v) is 4.73. The number of fused-ring (bicyclic) bond motifs is 1. The van der Waals surface area contributed by atoms with Crippen LogP contribution in [-0.4, -0.2) is 41.8 Å². The average Bonchev–Trinajstić information content (AvgIpc) is 3.40. The van der Waals surface area contributed by atoms with Crippen LogP contribution >= 0.6 is 0 Å². The van der Waals surface area contributed by atoms with Crippen LogP contribution in [-0.2, 0) is 0 Å². The highest BCUT2D eigenvalue weighted by molar-refractivity contribution is 5.93. The number of benzene rings is 1. The molecule has 2 aliphatic rings. The summed E-state index contributed by atoms with van der Waals surface area (Å²) in [4.78, 5) is 25.7. The van der Waals surface area contributed by atoms with Gasteiger partial charge >= 0.3 is 5.97 Å². The number of rotatable bonds is 3. The largest absolute Gasteiger partial charge is 0.477 e. The second-order valence-corrected chi connectivity index (χ2v) is 6.37. The molecule has 1 aromatic carbocycles. The van der Waals surface area contributed by atoms with Crippen LogP contribution in [0.2, 0.25) is 0 Å². The van der Waals surface area contributed by atoms with Gasteiger partial charge in [-0.1, -0.05) is 0 Å². The fraction of sp³-hybridized carbons (Fsp3) is 0.412. The maximum Gasteiger partial charge on any atom is 0.341 e. The molecule has 2 fully saturated rings. The summed E-state index contributed by atoms with van der Waals surface area (Å²) in [5, 5.41) is 12.6. The molecule has 0 radical (unpaired) electrons. The fourth-order valence-electron chi connectivity index (χ4n) is 3.31. The molecule has 0 spiro atoms. The predicted octanol–water partition coefficient (Wildman–Crippen LogP) is 1.58. The fourth-order valence-corrected chi connectivity index (χ4v) is 3.31. The van der Waals surface area contributed by atoms with Crippen molar-refractivity contribution in [3.05, 3.63) is 39.9 Å². The van der Waals surface area contributed by atoms with E-state index in [-0.39, 0.29) is 17.0 Å². The highest BCUT2D eigenvalue weighted by atomic mass is 19.1. The Bertz CT molecular complexity index is 883. The Morgan fingerprint density at radius 2 is 1.96 bits per heavy atom. The molecule has 0 unspecified atom stereocenters. The van der Waals surface area contributed by atoms with Gasteiger partial charge < -0.3 is 19.9 Å². The number of piperazine rings is 1. The lowest BCUT2D eigenvalue weighted by Gasteiger charge is -2.30. The number of nitrogens with zero attached hydrogens (tertiary/aromatic N) is 2. The molecule has 2 N–H and O–H groups in total. The molecule has 4 rings (SSSR count). The van der Waals surface area contributed by atoms with E-state index in [9.17, 15) is 19.1 Å². The smallest absolute Gasteiger partial charge is 0.341 e. The normalized spacial score (nSPS) is 18.1. The van der Waals surface area contributed by atoms with Crippen LogP contribution < -0.4 is 15.6 Å². The topological polar surface area (TPSA) is 74.6 Å². The maximum atomic E-state index is 14.6. The van der Waals surface area contributed by atoms with E-state index in [2.05, 4.69) is 5.32 Å². The molecule has 0 atom stereocenters. The van der Waals surface area contributed by atoms with E-state index in [4.69, 9.17) is 0 Å². The third-order valence-electron chi connectivity index (χ3n) is 4.73. The number of carboxylic acids is 1. The zero-order chi connectivity index (χ0) is 16.8. The van der Waals surface area contributed by atoms with Crippen LogP contribution in [0.1, 0.15) is 29.2 Å². The van der Waals surface area contributed by atoms with E-state index < -0.39 is 17.2 Å². The number of carbonyl (C=O) groups is 1. The number of halogens is 1. The first-order chi connectivity index (χ1) is 11.6. The van der Waals surface area contributed by atoms with Gasteiger partial charge in [0, 0.05) is 43.8 Å². The van der Waals surface area contributed by atoms with Gasteiger partial charge in [-0.15, -0.1) is 0 Å². The van der Waals surface area contributed by atoms with E-state index >= 15 is 0 Å². The van der Waals surface area contributed by atoms with Crippen molar-refractivity contribution in [3.63, 3.8) is 0 Å². The first kappa shape index (κ1) is 15.1. The first-order valence-electron chi connectivity index (χ1n) is 8.13. The van der Waals surface area contributed by atoms with Gasteiger partial charge in [0.1, 0.15) is 11.4 Å². The molecule has 1 aliphatic carbocycles. The predicted molar refractivity (Wildman–Crippen MR) is 88.5 cm³/mol. The molecule has 2 aromatic rings. The quantitative estimate of drug-likeness (QED) is 0.893. The van der Waals surface area contributed by atoms with E-state index in [1.165, 1.54) is 12.3 Å². The van der Waals surface area contributed by atoms with Crippen molar-refractivity contribution in [2.45, 2.75) is 18.9 Å². The maximum absolute atomic E-state index is 14.6. The number of hydrogen-bond acceptors (Lipinski definition) is 4. The third kappa shape index (κ3) is 2.45. The lowest BCUT2D eigenvalue weighted by Crippen LogP contribution is -2.43. The van der Waals surface area contributed by atoms with E-state index in [0.717, 1.165) is 25.9 Å². The zero-order valence-electron chi connectivity index (χ0n) is 13.1. The molecule has 1 aliphatic heterocycles. The van der Waals surface area contributed by atoms with E-state index in [1.54, 1.807) is 6.07 Å². The molecular formula is C17H18FN3O3. The van der Waals surface area contributed by atoms with Crippen molar-refractivity contribution in [1.82, 2.24) is 9.88 Å². The van der Waals surface area contributed by atoms with Crippen LogP contribution in [0.5, 0.6) is 0 Å². The molecule has 2 heterocycles. The molecule has 24 heavy (non-hydrogen) atoms. The molecule has 1 saturated carbocycles. The molecule has 1 aromatic heterocycles. The van der Waals surface area contributed by atoms with Crippen molar-refractivity contribution >= 4 is 22.6 Å². The van der Waals surface area contributed by atoms with Crippen molar-refractivity contribution < 1.29 is 14.3 Å². The van der Waals surface area contributed by atoms with Crippen molar-refractivity contribution in [2.24, 2.45) is 0 Å². The van der Waals surface area contributed by atoms with E-state index in [0.29, 0.717) is 24.3 Å². The van der Waals surface area contributed by atoms with Gasteiger partial charge in [0.25, 0.3) is 0 Å². The minimum atomic E-state index is -1.28. The first-order valence-corrected chi connectivity index (χ1v) is 8.13. The molecule has 6 nitrogen and oxygen atoms in total. The van der Waals surface area contributed by atoms with Crippen LogP contribution in [0.25, 0.3) is 10.9 Å². The Morgan fingerprint density at radius 1 is 1.25 bits per heavy atom. The highest BCUT2D eigenvalue weighted by Gasteiger charge is 2.28. The zero-order valence-corrected chi connectivity index (χ0v) is 13.1. The van der Waals surface area contributed by atoms with Crippen LogP contribution in [0.3, 0.4) is 0 Å². The summed E-state index contributed by atoms with van der Waals surface area (Å²) in [6.45, 7) is 2.96. The van der Waals surface area contributed by atoms with Crippen LogP contribution in [0.15, 0.2) is 23.1 Å². The summed E-state index contributed by atoms with van der Waals surface area (Å²) in [5.74, 6) is -1.76. The summed E-state index contributed by atoms with van der Waals surface area (Å²) < 4.78 is 16.4. The Hall–Kier alpha value is -2.41. The van der Waals surface area contributed by atoms with Gasteiger partial charge in [-0.25, -0.2) is 9.18 Å². The summed E-state index contributed by atoms with van der Waals surface area (Å²) in [5.41, 5.74) is 0.159. The van der Waals surface area contributed by atoms with Gasteiger partial charge in [-0.05, 0) is 25.0 Å². The number of anilines is 1. The van der Waals surface area contributed by atoms with Crippen LogP contribution in [0.4, 0.5) is 10.1 Å². The standard InChI is InChI=1S/C17H18FN3O3/c18-13-7-11-14(8-15(13)20-5-3-19-4-6-20)21(10-1-2-10)9-12(16(11)22)17(23)24/h7-10,19H,1-6H2,(H,23,24)/i12+1. The average molecular weight is 332 g/mol. The number of hydrogen-bond donors (Lipinski definition) is 2. The van der Waals surface area contributed by atoms with Gasteiger partial charge in [0.15, 0.2) is 0 Å². The molecule has 126 valence electrons. The van der Waals surface area contributed by atoms with Crippen LogP contribution in [0, 0.1) is 5.82 Å². The number of pyridine rings is 1. The number of nitrogens with one attached hydrogen (secondary N) is 1. The molecule has 1 saturated heterocycles. The summed E-state index contributed by atoms with van der Waals surface area (Å²) >= 11 is 0. The Morgan fingerprint density at radius 3 is 2.58 bits per heavy atom. The van der Waals surface area contributed by atoms with Gasteiger partial charge in [-0.3, -0.25) is 4.79 Å². The highest BCUT2D eigenvalue weighted by Crippen LogP contribution is 2.38. The molecular weight excluding hydrogens is 314 g/mol.